The van der Waals surface area contributed by atoms with Gasteiger partial charge in [0, 0.05) is 26.9 Å². The summed E-state index contributed by atoms with van der Waals surface area (Å²) in [7, 11) is 1.55. The van der Waals surface area contributed by atoms with Gasteiger partial charge in [-0.2, -0.15) is 0 Å². The molecule has 0 radical (unpaired) electrons. The van der Waals surface area contributed by atoms with E-state index in [4.69, 9.17) is 23.7 Å². The van der Waals surface area contributed by atoms with Crippen LogP contribution in [0.2, 0.25) is 0 Å². The molecule has 0 aliphatic carbocycles. The molecule has 0 aromatic rings. The first-order chi connectivity index (χ1) is 11.8. The Hall–Kier alpha value is -0.690. The Kier molecular flexibility index (Phi) is 13.0. The molecule has 0 amide bonds. The Bertz CT molecular complexity index is 304. The molecule has 0 spiro atoms. The fraction of sp³-hybridized carbons (Fsp3) is 0.944. The number of hydrogen-bond donors (Lipinski definition) is 0. The molecule has 0 aromatic heterocycles. The molecule has 1 aliphatic rings. The van der Waals surface area contributed by atoms with Crippen molar-refractivity contribution < 1.29 is 28.5 Å². The lowest BCUT2D eigenvalue weighted by Crippen LogP contribution is -2.31. The summed E-state index contributed by atoms with van der Waals surface area (Å²) in [5, 5.41) is 0. The number of carbonyl (C=O) groups excluding carboxylic acids is 1. The standard InChI is InChI=1S/C18H34O6/c1-3-21-18(19)16(15-20-2)22-12-8-5-4-6-9-13-23-17-11-7-10-14-24-17/h16-17H,3-15H2,1-2H3. The third-order valence-electron chi connectivity index (χ3n) is 3.92. The first-order valence-electron chi connectivity index (χ1n) is 9.28. The maximum atomic E-state index is 11.7. The van der Waals surface area contributed by atoms with E-state index in [0.29, 0.717) is 13.2 Å². The molecule has 2 unspecified atom stereocenters. The number of hydrogen-bond acceptors (Lipinski definition) is 6. The van der Waals surface area contributed by atoms with Gasteiger partial charge in [-0.15, -0.1) is 0 Å². The molecule has 1 heterocycles. The van der Waals surface area contributed by atoms with Gasteiger partial charge < -0.3 is 23.7 Å². The summed E-state index contributed by atoms with van der Waals surface area (Å²) >= 11 is 0. The van der Waals surface area contributed by atoms with Crippen LogP contribution < -0.4 is 0 Å². The van der Waals surface area contributed by atoms with E-state index in [2.05, 4.69) is 0 Å². The fourth-order valence-electron chi connectivity index (χ4n) is 2.59. The van der Waals surface area contributed by atoms with Crippen molar-refractivity contribution in [2.45, 2.75) is 70.7 Å². The Labute approximate surface area is 146 Å². The van der Waals surface area contributed by atoms with E-state index in [1.54, 1.807) is 14.0 Å². The number of carbonyl (C=O) groups is 1. The smallest absolute Gasteiger partial charge is 0.337 e. The van der Waals surface area contributed by atoms with Crippen LogP contribution in [0.5, 0.6) is 0 Å². The zero-order valence-corrected chi connectivity index (χ0v) is 15.3. The Balaban J connectivity index is 1.92. The molecule has 2 atom stereocenters. The molecule has 6 nitrogen and oxygen atoms in total. The molecule has 1 fully saturated rings. The Morgan fingerprint density at radius 1 is 1.12 bits per heavy atom. The van der Waals surface area contributed by atoms with Gasteiger partial charge in [-0.05, 0) is 39.0 Å². The second-order valence-electron chi connectivity index (χ2n) is 6.00. The third-order valence-corrected chi connectivity index (χ3v) is 3.92. The average Bonchev–Trinajstić information content (AvgIpc) is 2.60. The van der Waals surface area contributed by atoms with Crippen LogP contribution in [0.15, 0.2) is 0 Å². The van der Waals surface area contributed by atoms with E-state index in [9.17, 15) is 4.79 Å². The van der Waals surface area contributed by atoms with Gasteiger partial charge in [0.15, 0.2) is 12.4 Å². The maximum Gasteiger partial charge on any atom is 0.337 e. The molecule has 24 heavy (non-hydrogen) atoms. The topological polar surface area (TPSA) is 63.2 Å². The number of methoxy groups -OCH3 is 1. The minimum atomic E-state index is -0.612. The van der Waals surface area contributed by atoms with Gasteiger partial charge in [0.2, 0.25) is 0 Å². The summed E-state index contributed by atoms with van der Waals surface area (Å²) in [6.07, 6.45) is 8.18. The van der Waals surface area contributed by atoms with Crippen molar-refractivity contribution in [2.75, 3.05) is 40.1 Å². The van der Waals surface area contributed by atoms with Crippen molar-refractivity contribution >= 4 is 5.97 Å². The van der Waals surface area contributed by atoms with Crippen LogP contribution in [-0.2, 0) is 28.5 Å². The van der Waals surface area contributed by atoms with Crippen LogP contribution in [0, 0.1) is 0 Å². The highest BCUT2D eigenvalue weighted by atomic mass is 16.7. The minimum Gasteiger partial charge on any atom is -0.464 e. The Morgan fingerprint density at radius 2 is 1.88 bits per heavy atom. The second kappa shape index (κ2) is 14.6. The minimum absolute atomic E-state index is 0.0211. The van der Waals surface area contributed by atoms with Crippen LogP contribution >= 0.6 is 0 Å². The fourth-order valence-corrected chi connectivity index (χ4v) is 2.59. The number of rotatable bonds is 14. The zero-order valence-electron chi connectivity index (χ0n) is 15.3. The van der Waals surface area contributed by atoms with Crippen molar-refractivity contribution in [3.8, 4) is 0 Å². The van der Waals surface area contributed by atoms with Gasteiger partial charge >= 0.3 is 5.97 Å². The van der Waals surface area contributed by atoms with Crippen LogP contribution in [-0.4, -0.2) is 58.5 Å². The molecule has 6 heteroatoms. The highest BCUT2D eigenvalue weighted by molar-refractivity contribution is 5.74. The van der Waals surface area contributed by atoms with Gasteiger partial charge in [-0.25, -0.2) is 4.79 Å². The number of ether oxygens (including phenoxy) is 5. The van der Waals surface area contributed by atoms with Crippen molar-refractivity contribution in [1.29, 1.82) is 0 Å². The number of unbranched alkanes of at least 4 members (excludes halogenated alkanes) is 4. The monoisotopic (exact) mass is 346 g/mol. The van der Waals surface area contributed by atoms with Crippen molar-refractivity contribution in [3.05, 3.63) is 0 Å². The molecule has 0 aromatic carbocycles. The molecule has 0 bridgehead atoms. The van der Waals surface area contributed by atoms with E-state index < -0.39 is 6.10 Å². The van der Waals surface area contributed by atoms with Crippen LogP contribution in [0.25, 0.3) is 0 Å². The largest absolute Gasteiger partial charge is 0.464 e. The lowest BCUT2D eigenvalue weighted by Gasteiger charge is -2.22. The van der Waals surface area contributed by atoms with E-state index in [0.717, 1.165) is 58.2 Å². The van der Waals surface area contributed by atoms with Crippen molar-refractivity contribution in [3.63, 3.8) is 0 Å². The van der Waals surface area contributed by atoms with Gasteiger partial charge in [-0.3, -0.25) is 0 Å². The normalized spacial score (nSPS) is 19.2. The van der Waals surface area contributed by atoms with Gasteiger partial charge in [-0.1, -0.05) is 19.3 Å². The maximum absolute atomic E-state index is 11.7. The Morgan fingerprint density at radius 3 is 2.54 bits per heavy atom. The highest BCUT2D eigenvalue weighted by Crippen LogP contribution is 2.14. The quantitative estimate of drug-likeness (QED) is 0.356. The van der Waals surface area contributed by atoms with E-state index in [1.165, 1.54) is 6.42 Å². The first kappa shape index (κ1) is 21.4. The zero-order chi connectivity index (χ0) is 17.5. The van der Waals surface area contributed by atoms with Gasteiger partial charge in [0.25, 0.3) is 0 Å². The second-order valence-corrected chi connectivity index (χ2v) is 6.00. The molecular weight excluding hydrogens is 312 g/mol. The van der Waals surface area contributed by atoms with E-state index in [-0.39, 0.29) is 18.9 Å². The summed E-state index contributed by atoms with van der Waals surface area (Å²) in [5.41, 5.74) is 0. The summed E-state index contributed by atoms with van der Waals surface area (Å²) in [5.74, 6) is -0.346. The summed E-state index contributed by atoms with van der Waals surface area (Å²) in [4.78, 5) is 11.7. The van der Waals surface area contributed by atoms with E-state index >= 15 is 0 Å². The molecule has 1 rings (SSSR count). The van der Waals surface area contributed by atoms with Gasteiger partial charge in [0.05, 0.1) is 13.2 Å². The third kappa shape index (κ3) is 10.2. The van der Waals surface area contributed by atoms with E-state index in [1.807, 2.05) is 0 Å². The van der Waals surface area contributed by atoms with Crippen LogP contribution in [0.3, 0.4) is 0 Å². The predicted molar refractivity (Wildman–Crippen MR) is 90.9 cm³/mol. The highest BCUT2D eigenvalue weighted by Gasteiger charge is 2.20. The molecular formula is C18H34O6. The molecule has 0 N–H and O–H groups in total. The molecule has 0 saturated carbocycles. The lowest BCUT2D eigenvalue weighted by atomic mass is 10.1. The summed E-state index contributed by atoms with van der Waals surface area (Å²) in [6.45, 7) is 4.54. The SMILES string of the molecule is CCOC(=O)C(COC)OCCCCCCCOC1CCCCO1. The summed E-state index contributed by atoms with van der Waals surface area (Å²) < 4.78 is 26.8. The molecule has 1 saturated heterocycles. The van der Waals surface area contributed by atoms with Crippen molar-refractivity contribution in [2.24, 2.45) is 0 Å². The first-order valence-corrected chi connectivity index (χ1v) is 9.28. The average molecular weight is 346 g/mol. The molecule has 142 valence electrons. The van der Waals surface area contributed by atoms with Crippen LogP contribution in [0.4, 0.5) is 0 Å². The van der Waals surface area contributed by atoms with Crippen molar-refractivity contribution in [1.82, 2.24) is 0 Å². The van der Waals surface area contributed by atoms with Gasteiger partial charge in [0.1, 0.15) is 0 Å². The summed E-state index contributed by atoms with van der Waals surface area (Å²) in [6, 6.07) is 0. The number of esters is 1. The lowest BCUT2D eigenvalue weighted by molar-refractivity contribution is -0.163. The molecule has 1 aliphatic heterocycles. The predicted octanol–water partition coefficient (Wildman–Crippen LogP) is 3.07. The van der Waals surface area contributed by atoms with Crippen LogP contribution in [0.1, 0.15) is 58.3 Å².